The first-order valence-corrected chi connectivity index (χ1v) is 6.47. The molecule has 7 heteroatoms. The van der Waals surface area contributed by atoms with Gasteiger partial charge in [-0.05, 0) is 0 Å². The molecule has 0 bridgehead atoms. The van der Waals surface area contributed by atoms with Crippen molar-refractivity contribution >= 4 is 5.91 Å². The molecule has 1 amide bonds. The van der Waals surface area contributed by atoms with Crippen LogP contribution in [0.25, 0.3) is 11.3 Å². The maximum absolute atomic E-state index is 12.2. The van der Waals surface area contributed by atoms with E-state index in [9.17, 15) is 4.79 Å². The second-order valence-corrected chi connectivity index (χ2v) is 4.36. The summed E-state index contributed by atoms with van der Waals surface area (Å²) in [5.74, 6) is 0.240. The van der Waals surface area contributed by atoms with Crippen molar-refractivity contribution in [2.24, 2.45) is 0 Å². The minimum absolute atomic E-state index is 0.227. The molecule has 7 nitrogen and oxygen atoms in total. The van der Waals surface area contributed by atoms with Crippen LogP contribution in [0.3, 0.4) is 0 Å². The highest BCUT2D eigenvalue weighted by molar-refractivity contribution is 5.99. The Balaban J connectivity index is 1.67. The summed E-state index contributed by atoms with van der Waals surface area (Å²) in [5.41, 5.74) is 1.23. The lowest BCUT2D eigenvalue weighted by Crippen LogP contribution is -2.27. The molecule has 0 aliphatic heterocycles. The molecule has 1 N–H and O–H groups in total. The van der Waals surface area contributed by atoms with Crippen LogP contribution in [-0.2, 0) is 6.54 Å². The molecule has 0 aliphatic carbocycles. The number of hydrogen-bond acceptors (Lipinski definition) is 5. The summed E-state index contributed by atoms with van der Waals surface area (Å²) in [4.78, 5) is 12.2. The van der Waals surface area contributed by atoms with E-state index >= 15 is 0 Å². The smallest absolute Gasteiger partial charge is 0.256 e. The molecule has 0 aliphatic rings. The third kappa shape index (κ3) is 2.97. The van der Waals surface area contributed by atoms with E-state index in [2.05, 4.69) is 20.8 Å². The van der Waals surface area contributed by atoms with Gasteiger partial charge in [-0.15, -0.1) is 5.10 Å². The number of nitrogens with one attached hydrogen (secondary N) is 1. The normalized spacial score (nSPS) is 10.5. The molecule has 3 rings (SSSR count). The molecule has 2 heterocycles. The summed E-state index contributed by atoms with van der Waals surface area (Å²) in [5, 5.41) is 14.0. The van der Waals surface area contributed by atoms with Crippen LogP contribution in [0.15, 0.2) is 53.4 Å². The van der Waals surface area contributed by atoms with E-state index < -0.39 is 0 Å². The van der Waals surface area contributed by atoms with Gasteiger partial charge in [-0.3, -0.25) is 9.48 Å². The quantitative estimate of drug-likeness (QED) is 0.764. The minimum atomic E-state index is -0.227. The van der Waals surface area contributed by atoms with Crippen molar-refractivity contribution in [2.45, 2.75) is 6.54 Å². The van der Waals surface area contributed by atoms with Crippen molar-refractivity contribution < 1.29 is 9.32 Å². The van der Waals surface area contributed by atoms with Crippen molar-refractivity contribution in [1.82, 2.24) is 25.5 Å². The summed E-state index contributed by atoms with van der Waals surface area (Å²) in [6, 6.07) is 9.39. The Morgan fingerprint density at radius 2 is 2.14 bits per heavy atom. The van der Waals surface area contributed by atoms with Crippen molar-refractivity contribution in [1.29, 1.82) is 0 Å². The van der Waals surface area contributed by atoms with Gasteiger partial charge in [0.2, 0.25) is 0 Å². The van der Waals surface area contributed by atoms with Crippen LogP contribution in [-0.4, -0.2) is 32.6 Å². The monoisotopic (exact) mass is 283 g/mol. The first-order chi connectivity index (χ1) is 10.3. The maximum Gasteiger partial charge on any atom is 0.256 e. The molecule has 0 spiro atoms. The fourth-order valence-electron chi connectivity index (χ4n) is 1.93. The second kappa shape index (κ2) is 6.00. The van der Waals surface area contributed by atoms with Gasteiger partial charge in [0.05, 0.1) is 18.9 Å². The zero-order chi connectivity index (χ0) is 14.5. The van der Waals surface area contributed by atoms with Crippen molar-refractivity contribution in [2.75, 3.05) is 6.54 Å². The van der Waals surface area contributed by atoms with E-state index in [1.165, 1.54) is 6.20 Å². The van der Waals surface area contributed by atoms with Crippen molar-refractivity contribution in [3.8, 4) is 11.3 Å². The first kappa shape index (κ1) is 13.0. The first-order valence-electron chi connectivity index (χ1n) is 6.47. The lowest BCUT2D eigenvalue weighted by Gasteiger charge is -2.04. The van der Waals surface area contributed by atoms with Crippen LogP contribution in [0.5, 0.6) is 0 Å². The number of amides is 1. The molecule has 0 unspecified atom stereocenters. The van der Waals surface area contributed by atoms with E-state index in [0.717, 1.165) is 5.56 Å². The van der Waals surface area contributed by atoms with Crippen LogP contribution >= 0.6 is 0 Å². The van der Waals surface area contributed by atoms with Crippen molar-refractivity contribution in [3.63, 3.8) is 0 Å². The fourth-order valence-corrected chi connectivity index (χ4v) is 1.93. The van der Waals surface area contributed by atoms with Gasteiger partial charge in [0.25, 0.3) is 5.91 Å². The average molecular weight is 283 g/mol. The number of carbonyl (C=O) groups is 1. The Bertz CT molecular complexity index is 706. The number of rotatable bonds is 5. The highest BCUT2D eigenvalue weighted by Crippen LogP contribution is 2.22. The highest BCUT2D eigenvalue weighted by Gasteiger charge is 2.17. The minimum Gasteiger partial charge on any atom is -0.355 e. The van der Waals surface area contributed by atoms with Crippen LogP contribution in [0, 0.1) is 0 Å². The van der Waals surface area contributed by atoms with E-state index in [1.807, 2.05) is 30.3 Å². The molecule has 0 saturated heterocycles. The van der Waals surface area contributed by atoms with Crippen molar-refractivity contribution in [3.05, 3.63) is 54.5 Å². The van der Waals surface area contributed by atoms with E-state index in [1.54, 1.807) is 17.1 Å². The summed E-state index contributed by atoms with van der Waals surface area (Å²) >= 11 is 0. The Morgan fingerprint density at radius 3 is 2.90 bits per heavy atom. The van der Waals surface area contributed by atoms with Gasteiger partial charge in [-0.2, -0.15) is 0 Å². The lowest BCUT2D eigenvalue weighted by atomic mass is 10.1. The summed E-state index contributed by atoms with van der Waals surface area (Å²) < 4.78 is 6.83. The van der Waals surface area contributed by atoms with Crippen LogP contribution in [0.4, 0.5) is 0 Å². The molecular formula is C14H13N5O2. The molecule has 2 aromatic heterocycles. The molecule has 106 valence electrons. The third-order valence-electron chi connectivity index (χ3n) is 2.95. The van der Waals surface area contributed by atoms with Gasteiger partial charge in [0.15, 0.2) is 5.76 Å². The molecule has 3 aromatic rings. The Morgan fingerprint density at radius 1 is 1.29 bits per heavy atom. The topological polar surface area (TPSA) is 85.8 Å². The van der Waals surface area contributed by atoms with Gasteiger partial charge < -0.3 is 9.84 Å². The van der Waals surface area contributed by atoms with E-state index in [0.29, 0.717) is 24.4 Å². The van der Waals surface area contributed by atoms with Gasteiger partial charge >= 0.3 is 0 Å². The SMILES string of the molecule is O=C(NCCn1ccnn1)c1cnoc1-c1ccccc1. The molecule has 1 aromatic carbocycles. The predicted octanol–water partition coefficient (Wildman–Crippen LogP) is 1.36. The lowest BCUT2D eigenvalue weighted by molar-refractivity contribution is 0.0952. The van der Waals surface area contributed by atoms with Crippen LogP contribution in [0.2, 0.25) is 0 Å². The Hall–Kier alpha value is -2.96. The van der Waals surface area contributed by atoms with E-state index in [-0.39, 0.29) is 5.91 Å². The summed E-state index contributed by atoms with van der Waals surface area (Å²) in [6.07, 6.45) is 4.75. The fraction of sp³-hybridized carbons (Fsp3) is 0.143. The molecular weight excluding hydrogens is 270 g/mol. The molecule has 0 atom stereocenters. The summed E-state index contributed by atoms with van der Waals surface area (Å²) in [6.45, 7) is 0.999. The van der Waals surface area contributed by atoms with Gasteiger partial charge in [0.1, 0.15) is 5.56 Å². The van der Waals surface area contributed by atoms with Crippen LogP contribution in [0.1, 0.15) is 10.4 Å². The standard InChI is InChI=1S/C14H13N5O2/c20-14(15-6-8-19-9-7-16-18-19)12-10-17-21-13(12)11-4-2-1-3-5-11/h1-5,7,9-10H,6,8H2,(H,15,20). The number of benzene rings is 1. The molecule has 0 radical (unpaired) electrons. The maximum atomic E-state index is 12.2. The summed E-state index contributed by atoms with van der Waals surface area (Å²) in [7, 11) is 0. The second-order valence-electron chi connectivity index (χ2n) is 4.36. The Labute approximate surface area is 120 Å². The van der Waals surface area contributed by atoms with E-state index in [4.69, 9.17) is 4.52 Å². The third-order valence-corrected chi connectivity index (χ3v) is 2.95. The number of hydrogen-bond donors (Lipinski definition) is 1. The van der Waals surface area contributed by atoms with Gasteiger partial charge in [0, 0.05) is 18.3 Å². The van der Waals surface area contributed by atoms with Gasteiger partial charge in [-0.25, -0.2) is 0 Å². The highest BCUT2D eigenvalue weighted by atomic mass is 16.5. The largest absolute Gasteiger partial charge is 0.355 e. The molecule has 21 heavy (non-hydrogen) atoms. The van der Waals surface area contributed by atoms with Gasteiger partial charge in [-0.1, -0.05) is 40.7 Å². The number of aromatic nitrogens is 4. The number of carbonyl (C=O) groups excluding carboxylic acids is 1. The molecule has 0 saturated carbocycles. The predicted molar refractivity (Wildman–Crippen MR) is 74.3 cm³/mol. The average Bonchev–Trinajstić information content (AvgIpc) is 3.19. The van der Waals surface area contributed by atoms with Crippen LogP contribution < -0.4 is 5.32 Å². The number of nitrogens with zero attached hydrogens (tertiary/aromatic N) is 4. The Kier molecular flexibility index (Phi) is 3.72. The zero-order valence-corrected chi connectivity index (χ0v) is 11.1. The molecule has 0 fully saturated rings. The zero-order valence-electron chi connectivity index (χ0n) is 11.1.